The van der Waals surface area contributed by atoms with Gasteiger partial charge in [0.15, 0.2) is 0 Å². The zero-order valence-electron chi connectivity index (χ0n) is 30.6. The van der Waals surface area contributed by atoms with E-state index in [0.29, 0.717) is 46.7 Å². The SMILES string of the molecule is [N-]=[N+]=NCCOCCOCCOCCn1c(C(=O)O)cc2c(COc3ccc([N+](=O)[O-])cc3)ccc(OCc3ccc(O[C@@H]4O[C@H](CO)[C@H](O)[C@H](O)[C@H]4O)cc3)c21. The predicted octanol–water partition coefficient (Wildman–Crippen LogP) is 2.94. The van der Waals surface area contributed by atoms with Gasteiger partial charge >= 0.3 is 5.97 Å². The van der Waals surface area contributed by atoms with Crippen LogP contribution in [0.25, 0.3) is 21.3 Å². The molecular weight excluding hydrogens is 754 g/mol. The summed E-state index contributed by atoms with van der Waals surface area (Å²) in [5, 5.41) is 65.1. The Hall–Kier alpha value is -5.54. The van der Waals surface area contributed by atoms with Gasteiger partial charge in [0.05, 0.1) is 56.7 Å². The molecule has 5 rings (SSSR count). The van der Waals surface area contributed by atoms with Crippen molar-refractivity contribution < 1.29 is 68.4 Å². The Labute approximate surface area is 325 Å². The Balaban J connectivity index is 1.29. The summed E-state index contributed by atoms with van der Waals surface area (Å²) in [7, 11) is 0. The van der Waals surface area contributed by atoms with Gasteiger partial charge in [-0.15, -0.1) is 0 Å². The van der Waals surface area contributed by atoms with Crippen molar-refractivity contribution in [2.45, 2.75) is 50.5 Å². The summed E-state index contributed by atoms with van der Waals surface area (Å²) >= 11 is 0. The van der Waals surface area contributed by atoms with Crippen molar-refractivity contribution in [3.8, 4) is 17.2 Å². The smallest absolute Gasteiger partial charge is 0.352 e. The van der Waals surface area contributed by atoms with Crippen LogP contribution in [0.4, 0.5) is 5.69 Å². The highest BCUT2D eigenvalue weighted by Gasteiger charge is 2.44. The summed E-state index contributed by atoms with van der Waals surface area (Å²) in [6, 6.07) is 17.1. The van der Waals surface area contributed by atoms with Crippen LogP contribution in [0.2, 0.25) is 0 Å². The fourth-order valence-electron chi connectivity index (χ4n) is 5.85. The van der Waals surface area contributed by atoms with E-state index in [4.69, 9.17) is 38.7 Å². The number of benzene rings is 3. The van der Waals surface area contributed by atoms with E-state index in [-0.39, 0.29) is 69.9 Å². The number of carboxylic acid groups (broad SMARTS) is 1. The molecule has 1 aromatic heterocycles. The van der Waals surface area contributed by atoms with E-state index in [2.05, 4.69) is 10.0 Å². The summed E-state index contributed by atoms with van der Waals surface area (Å²) in [6.07, 6.45) is -7.17. The topological polar surface area (TPSA) is 280 Å². The second kappa shape index (κ2) is 21.1. The monoisotopic (exact) mass is 797 g/mol. The van der Waals surface area contributed by atoms with E-state index in [1.54, 1.807) is 41.0 Å². The molecule has 20 nitrogen and oxygen atoms in total. The molecular formula is C37H43N5O15. The van der Waals surface area contributed by atoms with E-state index < -0.39 is 48.2 Å². The van der Waals surface area contributed by atoms with E-state index in [1.807, 2.05) is 0 Å². The van der Waals surface area contributed by atoms with Crippen LogP contribution in [0.1, 0.15) is 21.6 Å². The number of non-ortho nitro benzene ring substituents is 1. The fraction of sp³-hybridized carbons (Fsp3) is 0.432. The first-order chi connectivity index (χ1) is 27.6. The Bertz CT molecular complexity index is 1970. The number of aromatic carboxylic acids is 1. The molecule has 1 aliphatic heterocycles. The summed E-state index contributed by atoms with van der Waals surface area (Å²) in [5.41, 5.74) is 9.97. The Morgan fingerprint density at radius 1 is 0.860 bits per heavy atom. The molecule has 4 aromatic rings. The maximum atomic E-state index is 12.5. The van der Waals surface area contributed by atoms with Crippen LogP contribution < -0.4 is 14.2 Å². The highest BCUT2D eigenvalue weighted by Crippen LogP contribution is 2.34. The molecule has 1 aliphatic rings. The summed E-state index contributed by atoms with van der Waals surface area (Å²) < 4.78 is 41.4. The number of carbonyl (C=O) groups is 1. The Morgan fingerprint density at radius 2 is 1.53 bits per heavy atom. The summed E-state index contributed by atoms with van der Waals surface area (Å²) in [6.45, 7) is 1.37. The molecule has 3 aromatic carbocycles. The molecule has 0 bridgehead atoms. The molecule has 0 radical (unpaired) electrons. The Kier molecular flexibility index (Phi) is 15.8. The second-order valence-corrected chi connectivity index (χ2v) is 12.6. The molecule has 0 spiro atoms. The largest absolute Gasteiger partial charge is 0.489 e. The van der Waals surface area contributed by atoms with Gasteiger partial charge in [-0.3, -0.25) is 10.1 Å². The van der Waals surface area contributed by atoms with E-state index in [1.165, 1.54) is 30.3 Å². The average Bonchev–Trinajstić information content (AvgIpc) is 3.61. The van der Waals surface area contributed by atoms with Gasteiger partial charge < -0.3 is 63.3 Å². The number of azide groups is 1. The maximum absolute atomic E-state index is 12.5. The molecule has 0 amide bonds. The lowest BCUT2D eigenvalue weighted by Crippen LogP contribution is -2.60. The number of ether oxygens (including phenoxy) is 7. The number of aromatic nitrogens is 1. The standard InChI is InChI=1S/C37H43N5O15/c38-40-39-11-13-51-15-17-53-18-16-52-14-12-41-29(36(47)48)19-28-24(22-54-26-8-4-25(5-9-26)42(49)50)3-10-30(32(28)41)55-21-23-1-6-27(7-2-23)56-37-35(46)34(45)33(44)31(20-43)57-37/h1-10,19,31,33-35,37,43-46H,11-18,20-22H2,(H,47,48)/t31-,33+,34+,35-,37-/m1/s1. The van der Waals surface area contributed by atoms with Crippen molar-refractivity contribution in [1.29, 1.82) is 0 Å². The molecule has 1 saturated heterocycles. The maximum Gasteiger partial charge on any atom is 0.352 e. The normalized spacial score (nSPS) is 19.2. The molecule has 57 heavy (non-hydrogen) atoms. The van der Waals surface area contributed by atoms with Crippen molar-refractivity contribution in [3.05, 3.63) is 104 Å². The highest BCUT2D eigenvalue weighted by atomic mass is 16.7. The number of fused-ring (bicyclic) bond motifs is 1. The number of nitro benzene ring substituents is 1. The number of aliphatic hydroxyl groups is 4. The average molecular weight is 798 g/mol. The third-order valence-corrected chi connectivity index (χ3v) is 8.79. The van der Waals surface area contributed by atoms with Gasteiger partial charge in [0, 0.05) is 35.5 Å². The first-order valence-corrected chi connectivity index (χ1v) is 17.8. The minimum Gasteiger partial charge on any atom is -0.489 e. The molecule has 5 N–H and O–H groups in total. The van der Waals surface area contributed by atoms with Crippen LogP contribution >= 0.6 is 0 Å². The Morgan fingerprint density at radius 3 is 2.18 bits per heavy atom. The van der Waals surface area contributed by atoms with Gasteiger partial charge in [0.1, 0.15) is 60.6 Å². The van der Waals surface area contributed by atoms with Crippen molar-refractivity contribution in [1.82, 2.24) is 4.57 Å². The van der Waals surface area contributed by atoms with Crippen LogP contribution in [-0.4, -0.2) is 124 Å². The molecule has 0 saturated carbocycles. The summed E-state index contributed by atoms with van der Waals surface area (Å²) in [5.74, 6) is -0.176. The van der Waals surface area contributed by atoms with Crippen molar-refractivity contribution in [3.63, 3.8) is 0 Å². The molecule has 0 unspecified atom stereocenters. The molecule has 1 fully saturated rings. The molecule has 306 valence electrons. The first-order valence-electron chi connectivity index (χ1n) is 17.8. The van der Waals surface area contributed by atoms with Crippen LogP contribution in [0.5, 0.6) is 17.2 Å². The first kappa shape index (κ1) is 42.6. The lowest BCUT2D eigenvalue weighted by atomic mass is 9.99. The predicted molar refractivity (Wildman–Crippen MR) is 198 cm³/mol. The summed E-state index contributed by atoms with van der Waals surface area (Å²) in [4.78, 5) is 25.7. The number of hydrogen-bond acceptors (Lipinski definition) is 15. The minimum absolute atomic E-state index is 0.0106. The zero-order chi connectivity index (χ0) is 40.7. The van der Waals surface area contributed by atoms with Gasteiger partial charge in [-0.1, -0.05) is 23.3 Å². The number of carboxylic acids is 1. The third kappa shape index (κ3) is 11.5. The number of nitro groups is 1. The van der Waals surface area contributed by atoms with Crippen molar-refractivity contribution in [2.75, 3.05) is 52.8 Å². The van der Waals surface area contributed by atoms with Gasteiger partial charge in [-0.05, 0) is 53.1 Å². The quantitative estimate of drug-likeness (QED) is 0.0180. The third-order valence-electron chi connectivity index (χ3n) is 8.79. The molecule has 5 atom stereocenters. The van der Waals surface area contributed by atoms with Gasteiger partial charge in [0.2, 0.25) is 6.29 Å². The van der Waals surface area contributed by atoms with Gasteiger partial charge in [-0.25, -0.2) is 4.79 Å². The molecule has 0 aliphatic carbocycles. The lowest BCUT2D eigenvalue weighted by Gasteiger charge is -2.39. The van der Waals surface area contributed by atoms with Gasteiger partial charge in [0.25, 0.3) is 5.69 Å². The number of nitrogens with zero attached hydrogens (tertiary/aromatic N) is 5. The van der Waals surface area contributed by atoms with Crippen LogP contribution in [-0.2, 0) is 38.7 Å². The molecule has 20 heteroatoms. The highest BCUT2D eigenvalue weighted by molar-refractivity contribution is 5.98. The van der Waals surface area contributed by atoms with E-state index >= 15 is 0 Å². The van der Waals surface area contributed by atoms with Crippen molar-refractivity contribution >= 4 is 22.6 Å². The number of rotatable bonds is 23. The number of aliphatic hydroxyl groups excluding tert-OH is 4. The fourth-order valence-corrected chi connectivity index (χ4v) is 5.85. The van der Waals surface area contributed by atoms with E-state index in [0.717, 1.165) is 0 Å². The minimum atomic E-state index is -1.59. The van der Waals surface area contributed by atoms with Crippen LogP contribution in [0.15, 0.2) is 71.8 Å². The van der Waals surface area contributed by atoms with Gasteiger partial charge in [-0.2, -0.15) is 0 Å². The number of hydrogen-bond donors (Lipinski definition) is 5. The van der Waals surface area contributed by atoms with Crippen LogP contribution in [0, 0.1) is 10.1 Å². The van der Waals surface area contributed by atoms with E-state index in [9.17, 15) is 40.4 Å². The van der Waals surface area contributed by atoms with Crippen LogP contribution in [0.3, 0.4) is 0 Å². The zero-order valence-corrected chi connectivity index (χ0v) is 30.6. The lowest BCUT2D eigenvalue weighted by molar-refractivity contribution is -0.384. The second-order valence-electron chi connectivity index (χ2n) is 12.6. The van der Waals surface area contributed by atoms with Crippen molar-refractivity contribution in [2.24, 2.45) is 5.11 Å². The molecule has 2 heterocycles.